The number of ketones is 1. The summed E-state index contributed by atoms with van der Waals surface area (Å²) in [6.07, 6.45) is 82.0. The molecule has 0 saturated carbocycles. The van der Waals surface area contributed by atoms with E-state index in [-0.39, 0.29) is 0 Å². The van der Waals surface area contributed by atoms with Crippen LogP contribution in [0.1, 0.15) is 557 Å². The van der Waals surface area contributed by atoms with Gasteiger partial charge in [-0.05, 0) is 186 Å². The largest absolute Gasteiger partial charge is 0.300 e. The summed E-state index contributed by atoms with van der Waals surface area (Å²) in [7, 11) is -7.57. The molecule has 0 aromatic carbocycles. The van der Waals surface area contributed by atoms with Crippen LogP contribution < -0.4 is 0 Å². The summed E-state index contributed by atoms with van der Waals surface area (Å²) in [6.45, 7) is 64.7. The highest BCUT2D eigenvalue weighted by atomic mass is 32.2. The van der Waals surface area contributed by atoms with Crippen LogP contribution >= 0.6 is 0 Å². The Kier molecular flexibility index (Phi) is 80.6. The standard InChI is InChI=1S/C18H36O3S.C17H34.C16H30N2.C16H34OS.C15H28N2.C15H32.C11H24O2S/c1-5-17(19)15-13-11-9-7-6-8-10-12-14-16-22(20,21)18(2,3)4;1-6-7-8-9-10-11-12-13-14-15-16(2)17(3,4)5;1-5-15-11-13-17-18(15)14-10-8-6-7-9-12-16(2,3)4;1-16(2,3)14-12-10-8-6-7-9-11-13-15-18(4,5)17;1-14-12-16-17(13-14)11-9-7-5-6-8-10-15(2,3)4;1-5-6-7-8-9-10-11-12-13-14-15(2,3)4;1-5-6-7-8-9-10-14(12,13)11(2,3)4/h5-16H2,1-4H3;2,6-15H2,1,3-5H3;11,13H,5-10,12,14H2,1-4H3;4,6-15H2,1-3,5H3;12-13H,5-11H2,1-4H3;5-14H2,1-4H3;5-10H2,1-4H3. The maximum atomic E-state index is 11.9. The number of aryl methyl sites for hydroxylation is 4. The van der Waals surface area contributed by atoms with Crippen molar-refractivity contribution in [3.63, 3.8) is 0 Å². The smallest absolute Gasteiger partial charge is 0.155 e. The van der Waals surface area contributed by atoms with Crippen molar-refractivity contribution in [3.05, 3.63) is 48.1 Å². The molecule has 2 heterocycles. The molecule has 121 heavy (non-hydrogen) atoms. The van der Waals surface area contributed by atoms with Gasteiger partial charge >= 0.3 is 0 Å². The van der Waals surface area contributed by atoms with Crippen LogP contribution in [0.15, 0.2) is 36.8 Å². The zero-order chi connectivity index (χ0) is 93.3. The molecule has 2 aromatic rings. The van der Waals surface area contributed by atoms with Gasteiger partial charge in [0.2, 0.25) is 0 Å². The van der Waals surface area contributed by atoms with Crippen molar-refractivity contribution in [3.8, 4) is 0 Å². The second-order valence-corrected chi connectivity index (χ2v) is 53.0. The predicted octanol–water partition coefficient (Wildman–Crippen LogP) is 35.0. The van der Waals surface area contributed by atoms with Gasteiger partial charge in [0, 0.05) is 56.0 Å². The van der Waals surface area contributed by atoms with E-state index in [1.165, 1.54) is 312 Å². The SMILES string of the molecule is C=C(CCCCCCCCCCC)C(C)(C)C.C=S(C)(=O)CCCCCCCCCCC(C)(C)C.CCC(=O)CCCCCCCCCCCS(=O)(=O)C(C)(C)C.CCCCCCCCCCCC(C)(C)C.CCCCCCCS(=O)(=O)C(C)(C)C.CCc1ccnn1CCCCCCCC(C)(C)C.Cc1cnn(CCCCCCCC(C)(C)C)c1. The molecule has 10 nitrogen and oxygen atoms in total. The Morgan fingerprint density at radius 1 is 0.355 bits per heavy atom. The molecule has 0 radical (unpaired) electrons. The Morgan fingerprint density at radius 3 is 0.893 bits per heavy atom. The first kappa shape index (κ1) is 127. The number of allylic oxidation sites excluding steroid dienone is 1. The fraction of sp³-hybridized carbons (Fsp3) is 0.907. The van der Waals surface area contributed by atoms with Gasteiger partial charge in [-0.1, -0.05) is 427 Å². The number of Topliss-reactive ketones (excluding diaryl/α,β-unsaturated/α-hetero) is 1. The van der Waals surface area contributed by atoms with Crippen molar-refractivity contribution >= 4 is 40.8 Å². The van der Waals surface area contributed by atoms with Crippen LogP contribution in [0.3, 0.4) is 0 Å². The van der Waals surface area contributed by atoms with Crippen LogP contribution in [0, 0.1) is 34.0 Å². The molecule has 2 aromatic heterocycles. The van der Waals surface area contributed by atoms with Gasteiger partial charge in [0.05, 0.1) is 27.2 Å². The van der Waals surface area contributed by atoms with Crippen LogP contribution in [-0.2, 0) is 53.5 Å². The van der Waals surface area contributed by atoms with E-state index in [1.807, 2.05) is 19.3 Å². The van der Waals surface area contributed by atoms with Crippen molar-refractivity contribution < 1.29 is 25.8 Å². The maximum absolute atomic E-state index is 11.9. The van der Waals surface area contributed by atoms with Gasteiger partial charge in [-0.15, -0.1) is 0 Å². The number of hydrogen-bond donors (Lipinski definition) is 0. The summed E-state index contributed by atoms with van der Waals surface area (Å²) in [6, 6.07) is 2.13. The van der Waals surface area contributed by atoms with Crippen molar-refractivity contribution in [1.82, 2.24) is 19.6 Å². The minimum atomic E-state index is -2.94. The van der Waals surface area contributed by atoms with Crippen LogP contribution in [0.25, 0.3) is 0 Å². The Balaban J connectivity index is -0.000000434. The minimum Gasteiger partial charge on any atom is -0.300 e. The normalized spacial score (nSPS) is 12.7. The Bertz CT molecular complexity index is 2960. The average molecular weight is 1770 g/mol. The Labute approximate surface area is 761 Å². The third-order valence-electron chi connectivity index (χ3n) is 23.1. The van der Waals surface area contributed by atoms with E-state index in [9.17, 15) is 25.8 Å². The third kappa shape index (κ3) is 96.7. The molecule has 724 valence electrons. The van der Waals surface area contributed by atoms with Gasteiger partial charge in [-0.25, -0.2) is 16.8 Å². The number of carbonyl (C=O) groups excluding carboxylic acids is 1. The first-order valence-electron chi connectivity index (χ1n) is 51.2. The molecule has 13 heteroatoms. The topological polar surface area (TPSA) is 138 Å². The van der Waals surface area contributed by atoms with Crippen LogP contribution in [-0.4, -0.2) is 85.3 Å². The van der Waals surface area contributed by atoms with Crippen molar-refractivity contribution in [1.29, 1.82) is 0 Å². The number of unbranched alkanes of at least 4 members (excludes halogenated alkanes) is 43. The zero-order valence-electron chi connectivity index (χ0n) is 87.2. The van der Waals surface area contributed by atoms with Gasteiger partial charge in [0.25, 0.3) is 0 Å². The lowest BCUT2D eigenvalue weighted by Gasteiger charge is -2.21. The fourth-order valence-electron chi connectivity index (χ4n) is 14.0. The number of aromatic nitrogens is 4. The number of hydrogen-bond acceptors (Lipinski definition) is 8. The van der Waals surface area contributed by atoms with E-state index in [4.69, 9.17) is 0 Å². The molecule has 0 spiro atoms. The molecule has 0 aliphatic carbocycles. The summed E-state index contributed by atoms with van der Waals surface area (Å²) in [5, 5.41) is 8.67. The molecule has 2 rings (SSSR count). The molecule has 0 bridgehead atoms. The van der Waals surface area contributed by atoms with Crippen molar-refractivity contribution in [2.75, 3.05) is 23.5 Å². The van der Waals surface area contributed by atoms with E-state index in [2.05, 4.69) is 183 Å². The summed E-state index contributed by atoms with van der Waals surface area (Å²) in [5.74, 6) is 5.54. The minimum absolute atomic E-state index is 0.306. The maximum Gasteiger partial charge on any atom is 0.155 e. The lowest BCUT2D eigenvalue weighted by molar-refractivity contribution is -0.118. The lowest BCUT2D eigenvalue weighted by Crippen LogP contribution is -2.30. The highest BCUT2D eigenvalue weighted by Crippen LogP contribution is 2.30. The molecule has 0 aliphatic rings. The molecule has 0 aliphatic heterocycles. The first-order valence-corrected chi connectivity index (χ1v) is 56.8. The molecule has 1 atom stereocenters. The van der Waals surface area contributed by atoms with Gasteiger partial charge in [0.15, 0.2) is 19.7 Å². The number of rotatable bonds is 63. The molecular weight excluding hydrogens is 1550 g/mol. The lowest BCUT2D eigenvalue weighted by atomic mass is 9.84. The summed E-state index contributed by atoms with van der Waals surface area (Å²) < 4.78 is 61.6. The highest BCUT2D eigenvalue weighted by Gasteiger charge is 2.29. The zero-order valence-corrected chi connectivity index (χ0v) is 89.7. The molecule has 1 unspecified atom stereocenters. The Morgan fingerprint density at radius 2 is 0.628 bits per heavy atom. The molecule has 0 amide bonds. The van der Waals surface area contributed by atoms with E-state index in [0.29, 0.717) is 50.8 Å². The van der Waals surface area contributed by atoms with E-state index >= 15 is 0 Å². The van der Waals surface area contributed by atoms with Gasteiger partial charge in [-0.2, -0.15) is 10.2 Å². The van der Waals surface area contributed by atoms with Gasteiger partial charge in [-0.3, -0.25) is 18.4 Å². The quantitative estimate of drug-likeness (QED) is 0.0363. The molecular formula is C108H218N4O6S3. The van der Waals surface area contributed by atoms with Crippen molar-refractivity contribution in [2.24, 2.45) is 27.1 Å². The highest BCUT2D eigenvalue weighted by molar-refractivity contribution is 7.99. The van der Waals surface area contributed by atoms with Gasteiger partial charge in [0.1, 0.15) is 5.78 Å². The Hall–Kier alpha value is -2.25. The second-order valence-electron chi connectivity index (χ2n) is 44.5. The molecule has 0 N–H and O–H groups in total. The third-order valence-corrected chi connectivity index (χ3v) is 29.6. The monoisotopic (exact) mass is 1760 g/mol. The van der Waals surface area contributed by atoms with Crippen LogP contribution in [0.2, 0.25) is 0 Å². The number of carbonyl (C=O) groups is 1. The summed E-state index contributed by atoms with van der Waals surface area (Å²) in [4.78, 5) is 11.1. The number of sulfone groups is 2. The molecule has 0 fully saturated rings. The van der Waals surface area contributed by atoms with E-state index < -0.39 is 38.7 Å². The average Bonchev–Trinajstić information content (AvgIpc) is 1.39. The van der Waals surface area contributed by atoms with E-state index in [0.717, 1.165) is 89.5 Å². The predicted molar refractivity (Wildman–Crippen MR) is 549 cm³/mol. The molecule has 0 saturated heterocycles. The second kappa shape index (κ2) is 76.6. The van der Waals surface area contributed by atoms with Crippen LogP contribution in [0.4, 0.5) is 0 Å². The van der Waals surface area contributed by atoms with Gasteiger partial charge < -0.3 is 0 Å². The summed E-state index contributed by atoms with van der Waals surface area (Å²) >= 11 is 0. The summed E-state index contributed by atoms with van der Waals surface area (Å²) in [5.41, 5.74) is 6.40. The first-order chi connectivity index (χ1) is 56.3. The fourth-order valence-corrected chi connectivity index (χ4v) is 17.2. The number of nitrogens with zero attached hydrogens (tertiary/aromatic N) is 4. The van der Waals surface area contributed by atoms with Crippen LogP contribution in [0.5, 0.6) is 0 Å². The van der Waals surface area contributed by atoms with Crippen molar-refractivity contribution in [2.45, 2.75) is 582 Å². The van der Waals surface area contributed by atoms with E-state index in [1.54, 1.807) is 47.8 Å².